The van der Waals surface area contributed by atoms with Gasteiger partial charge in [-0.05, 0) is 36.4 Å². The van der Waals surface area contributed by atoms with Crippen molar-refractivity contribution >= 4 is 17.8 Å². The highest BCUT2D eigenvalue weighted by molar-refractivity contribution is 6.21. The van der Waals surface area contributed by atoms with Crippen molar-refractivity contribution in [1.82, 2.24) is 14.8 Å². The number of rotatable bonds is 3. The first-order valence-corrected chi connectivity index (χ1v) is 8.30. The first kappa shape index (κ1) is 19.3. The maximum atomic E-state index is 13.7. The molecular weight excluding hydrogens is 410 g/mol. The summed E-state index contributed by atoms with van der Waals surface area (Å²) in [5.74, 6) is -4.25. The molecule has 0 radical (unpaired) electrons. The average Bonchev–Trinajstić information content (AvgIpc) is 3.25. The second kappa shape index (κ2) is 6.79. The number of amides is 2. The zero-order valence-corrected chi connectivity index (χ0v) is 14.7. The van der Waals surface area contributed by atoms with Crippen molar-refractivity contribution in [2.24, 2.45) is 0 Å². The summed E-state index contributed by atoms with van der Waals surface area (Å²) in [6, 6.07) is 9.51. The van der Waals surface area contributed by atoms with Gasteiger partial charge in [0.25, 0.3) is 11.8 Å². The van der Waals surface area contributed by atoms with Crippen LogP contribution < -0.4 is 0 Å². The summed E-state index contributed by atoms with van der Waals surface area (Å²) in [6.45, 7) is 0. The fourth-order valence-corrected chi connectivity index (χ4v) is 2.93. The summed E-state index contributed by atoms with van der Waals surface area (Å²) in [7, 11) is 0. The Morgan fingerprint density at radius 3 is 2.03 bits per heavy atom. The van der Waals surface area contributed by atoms with Gasteiger partial charge in [0.2, 0.25) is 0 Å². The van der Waals surface area contributed by atoms with Crippen LogP contribution in [0.3, 0.4) is 0 Å². The standard InChI is InChI=1S/C19H9F4N3O4/c20-10-5-7-11(8-6-10)25-15(19(21,22)23)14(9-24-25)18(29)30-26-16(27)12-3-1-2-4-13(12)17(26)28/h1-9H. The second-order valence-electron chi connectivity index (χ2n) is 6.12. The molecule has 0 saturated heterocycles. The van der Waals surface area contributed by atoms with Gasteiger partial charge in [0.15, 0.2) is 5.69 Å². The summed E-state index contributed by atoms with van der Waals surface area (Å²) < 4.78 is 54.5. The van der Waals surface area contributed by atoms with Gasteiger partial charge in [0, 0.05) is 0 Å². The third-order valence-corrected chi connectivity index (χ3v) is 4.26. The summed E-state index contributed by atoms with van der Waals surface area (Å²) in [4.78, 5) is 41.6. The fourth-order valence-electron chi connectivity index (χ4n) is 2.93. The van der Waals surface area contributed by atoms with Gasteiger partial charge in [0.05, 0.1) is 23.0 Å². The molecule has 0 aliphatic carbocycles. The lowest BCUT2D eigenvalue weighted by Gasteiger charge is -2.15. The third-order valence-electron chi connectivity index (χ3n) is 4.26. The number of benzene rings is 2. The molecule has 3 aromatic rings. The van der Waals surface area contributed by atoms with Crippen LogP contribution in [-0.2, 0) is 11.0 Å². The lowest BCUT2D eigenvalue weighted by Crippen LogP contribution is -2.33. The minimum Gasteiger partial charge on any atom is -0.324 e. The number of imide groups is 1. The molecule has 1 aromatic heterocycles. The van der Waals surface area contributed by atoms with E-state index in [2.05, 4.69) is 5.10 Å². The number of carbonyl (C=O) groups excluding carboxylic acids is 3. The second-order valence-corrected chi connectivity index (χ2v) is 6.12. The van der Waals surface area contributed by atoms with Crippen molar-refractivity contribution in [3.8, 4) is 5.69 Å². The Morgan fingerprint density at radius 2 is 1.50 bits per heavy atom. The van der Waals surface area contributed by atoms with Gasteiger partial charge in [-0.1, -0.05) is 17.2 Å². The predicted octanol–water partition coefficient (Wildman–Crippen LogP) is 3.40. The molecule has 2 amide bonds. The highest BCUT2D eigenvalue weighted by Gasteiger charge is 2.44. The number of hydrogen-bond acceptors (Lipinski definition) is 5. The molecule has 0 fully saturated rings. The zero-order valence-electron chi connectivity index (χ0n) is 14.7. The van der Waals surface area contributed by atoms with Gasteiger partial charge in [-0.2, -0.15) is 18.3 Å². The highest BCUT2D eigenvalue weighted by Crippen LogP contribution is 2.34. The number of aromatic nitrogens is 2. The highest BCUT2D eigenvalue weighted by atomic mass is 19.4. The molecule has 152 valence electrons. The van der Waals surface area contributed by atoms with Gasteiger partial charge < -0.3 is 4.84 Å². The van der Waals surface area contributed by atoms with Crippen LogP contribution in [0.2, 0.25) is 0 Å². The lowest BCUT2D eigenvalue weighted by molar-refractivity contribution is -0.143. The van der Waals surface area contributed by atoms with Crippen molar-refractivity contribution in [3.05, 3.63) is 82.9 Å². The van der Waals surface area contributed by atoms with Crippen molar-refractivity contribution in [2.75, 3.05) is 0 Å². The van der Waals surface area contributed by atoms with Crippen LogP contribution in [0, 0.1) is 5.82 Å². The van der Waals surface area contributed by atoms with Gasteiger partial charge in [-0.3, -0.25) is 9.59 Å². The molecule has 1 aliphatic heterocycles. The Hall–Kier alpha value is -4.02. The molecule has 30 heavy (non-hydrogen) atoms. The van der Waals surface area contributed by atoms with Crippen LogP contribution in [0.5, 0.6) is 0 Å². The molecule has 2 aromatic carbocycles. The summed E-state index contributed by atoms with van der Waals surface area (Å²) in [5, 5.41) is 3.64. The van der Waals surface area contributed by atoms with E-state index < -0.39 is 41.0 Å². The van der Waals surface area contributed by atoms with Crippen LogP contribution in [0.15, 0.2) is 54.7 Å². The van der Waals surface area contributed by atoms with Crippen LogP contribution in [0.25, 0.3) is 5.69 Å². The van der Waals surface area contributed by atoms with E-state index in [0.29, 0.717) is 10.9 Å². The van der Waals surface area contributed by atoms with E-state index in [1.165, 1.54) is 24.3 Å². The van der Waals surface area contributed by atoms with Crippen molar-refractivity contribution < 1.29 is 36.8 Å². The largest absolute Gasteiger partial charge is 0.434 e. The zero-order chi connectivity index (χ0) is 21.6. The Bertz CT molecular complexity index is 1150. The number of halogens is 4. The topological polar surface area (TPSA) is 81.5 Å². The minimum atomic E-state index is -5.05. The van der Waals surface area contributed by atoms with E-state index in [1.54, 1.807) is 0 Å². The molecule has 7 nitrogen and oxygen atoms in total. The van der Waals surface area contributed by atoms with Crippen LogP contribution in [-0.4, -0.2) is 32.6 Å². The molecule has 0 unspecified atom stereocenters. The minimum absolute atomic E-state index is 0.0478. The molecule has 0 atom stereocenters. The molecule has 0 saturated carbocycles. The molecule has 4 rings (SSSR count). The van der Waals surface area contributed by atoms with Crippen LogP contribution in [0.1, 0.15) is 36.8 Å². The van der Waals surface area contributed by atoms with Crippen molar-refractivity contribution in [1.29, 1.82) is 0 Å². The van der Waals surface area contributed by atoms with E-state index in [0.717, 1.165) is 24.3 Å². The third kappa shape index (κ3) is 3.09. The summed E-state index contributed by atoms with van der Waals surface area (Å²) >= 11 is 0. The first-order valence-electron chi connectivity index (χ1n) is 8.30. The maximum absolute atomic E-state index is 13.7. The van der Waals surface area contributed by atoms with Gasteiger partial charge >= 0.3 is 12.1 Å². The number of hydrogen-bond donors (Lipinski definition) is 0. The number of nitrogens with zero attached hydrogens (tertiary/aromatic N) is 3. The summed E-state index contributed by atoms with van der Waals surface area (Å²) in [6.07, 6.45) is -4.46. The molecule has 11 heteroatoms. The van der Waals surface area contributed by atoms with E-state index in [9.17, 15) is 31.9 Å². The van der Waals surface area contributed by atoms with E-state index >= 15 is 0 Å². The molecule has 0 N–H and O–H groups in total. The Balaban J connectivity index is 1.69. The molecule has 2 heterocycles. The first-order chi connectivity index (χ1) is 14.2. The number of hydroxylamine groups is 2. The van der Waals surface area contributed by atoms with Gasteiger partial charge in [-0.25, -0.2) is 13.9 Å². The predicted molar refractivity (Wildman–Crippen MR) is 90.9 cm³/mol. The molecular formula is C19H9F4N3O4. The SMILES string of the molecule is O=C(ON1C(=O)c2ccccc2C1=O)c1cnn(-c2ccc(F)cc2)c1C(F)(F)F. The number of carbonyl (C=O) groups is 3. The number of fused-ring (bicyclic) bond motifs is 1. The van der Waals surface area contributed by atoms with E-state index in [1.807, 2.05) is 0 Å². The Morgan fingerprint density at radius 1 is 0.933 bits per heavy atom. The fraction of sp³-hybridized carbons (Fsp3) is 0.0526. The smallest absolute Gasteiger partial charge is 0.324 e. The van der Waals surface area contributed by atoms with E-state index in [4.69, 9.17) is 4.84 Å². The average molecular weight is 419 g/mol. The Kier molecular flexibility index (Phi) is 4.37. The molecule has 0 bridgehead atoms. The van der Waals surface area contributed by atoms with Gasteiger partial charge in [-0.15, -0.1) is 0 Å². The van der Waals surface area contributed by atoms with Crippen LogP contribution in [0.4, 0.5) is 17.6 Å². The summed E-state index contributed by atoms with van der Waals surface area (Å²) in [5.41, 5.74) is -2.79. The number of alkyl halides is 3. The Labute approximate surface area is 165 Å². The quantitative estimate of drug-likeness (QED) is 0.480. The van der Waals surface area contributed by atoms with Crippen molar-refractivity contribution in [3.63, 3.8) is 0 Å². The monoisotopic (exact) mass is 419 g/mol. The maximum Gasteiger partial charge on any atom is 0.434 e. The van der Waals surface area contributed by atoms with Crippen molar-refractivity contribution in [2.45, 2.75) is 6.18 Å². The molecule has 1 aliphatic rings. The van der Waals surface area contributed by atoms with E-state index in [-0.39, 0.29) is 21.9 Å². The molecule has 0 spiro atoms. The van der Waals surface area contributed by atoms with Crippen LogP contribution >= 0.6 is 0 Å². The lowest BCUT2D eigenvalue weighted by atomic mass is 10.1. The normalized spacial score (nSPS) is 13.5. The van der Waals surface area contributed by atoms with Gasteiger partial charge in [0.1, 0.15) is 11.4 Å².